The SMILES string of the molecule is Cc1ccc(C(=O)Nc2ccc(OCCc3ccccn3)cc2)c(-c2ccc(C(F)(F)F)cc2)c1. The number of amides is 1. The lowest BCUT2D eigenvalue weighted by atomic mass is 9.96. The molecule has 178 valence electrons. The Bertz CT molecular complexity index is 1290. The number of benzene rings is 3. The summed E-state index contributed by atoms with van der Waals surface area (Å²) in [7, 11) is 0. The van der Waals surface area contributed by atoms with E-state index in [4.69, 9.17) is 4.74 Å². The third kappa shape index (κ3) is 6.26. The average Bonchev–Trinajstić information content (AvgIpc) is 2.85. The lowest BCUT2D eigenvalue weighted by Gasteiger charge is -2.13. The Labute approximate surface area is 201 Å². The molecule has 7 heteroatoms. The largest absolute Gasteiger partial charge is 0.493 e. The van der Waals surface area contributed by atoms with Crippen LogP contribution in [-0.2, 0) is 12.6 Å². The van der Waals surface area contributed by atoms with E-state index in [1.165, 1.54) is 12.1 Å². The molecule has 0 atom stereocenters. The van der Waals surface area contributed by atoms with Gasteiger partial charge in [-0.25, -0.2) is 0 Å². The molecular weight excluding hydrogens is 453 g/mol. The van der Waals surface area contributed by atoms with Crippen LogP contribution in [0.4, 0.5) is 18.9 Å². The lowest BCUT2D eigenvalue weighted by molar-refractivity contribution is -0.137. The van der Waals surface area contributed by atoms with Gasteiger partial charge in [0, 0.05) is 29.6 Å². The molecule has 0 spiro atoms. The zero-order valence-electron chi connectivity index (χ0n) is 19.0. The van der Waals surface area contributed by atoms with E-state index in [1.54, 1.807) is 48.7 Å². The molecule has 1 amide bonds. The van der Waals surface area contributed by atoms with Crippen LogP contribution in [0.1, 0.15) is 27.2 Å². The van der Waals surface area contributed by atoms with Gasteiger partial charge in [-0.15, -0.1) is 0 Å². The fraction of sp³-hybridized carbons (Fsp3) is 0.143. The third-order valence-electron chi connectivity index (χ3n) is 5.41. The summed E-state index contributed by atoms with van der Waals surface area (Å²) in [5.74, 6) is 0.309. The molecular formula is C28H23F3N2O2. The van der Waals surface area contributed by atoms with Crippen molar-refractivity contribution in [1.82, 2.24) is 4.98 Å². The quantitative estimate of drug-likeness (QED) is 0.314. The summed E-state index contributed by atoms with van der Waals surface area (Å²) < 4.78 is 44.6. The Hall–Kier alpha value is -4.13. The van der Waals surface area contributed by atoms with Gasteiger partial charge < -0.3 is 10.1 Å². The van der Waals surface area contributed by atoms with Gasteiger partial charge in [0.2, 0.25) is 0 Å². The second-order valence-corrected chi connectivity index (χ2v) is 8.02. The molecule has 0 bridgehead atoms. The molecule has 0 aliphatic rings. The molecule has 0 saturated heterocycles. The minimum Gasteiger partial charge on any atom is -0.493 e. The molecule has 0 fully saturated rings. The fourth-order valence-corrected chi connectivity index (χ4v) is 3.59. The molecule has 3 aromatic carbocycles. The Balaban J connectivity index is 1.44. The summed E-state index contributed by atoms with van der Waals surface area (Å²) in [4.78, 5) is 17.3. The van der Waals surface area contributed by atoms with Crippen LogP contribution in [0.5, 0.6) is 5.75 Å². The molecule has 0 aliphatic carbocycles. The van der Waals surface area contributed by atoms with Gasteiger partial charge in [-0.05, 0) is 72.6 Å². The number of anilines is 1. The first-order valence-corrected chi connectivity index (χ1v) is 11.0. The first-order valence-electron chi connectivity index (χ1n) is 11.0. The van der Waals surface area contributed by atoms with Crippen molar-refractivity contribution in [2.24, 2.45) is 0 Å². The highest BCUT2D eigenvalue weighted by molar-refractivity contribution is 6.08. The Morgan fingerprint density at radius 1 is 0.943 bits per heavy atom. The van der Waals surface area contributed by atoms with Gasteiger partial charge in [0.1, 0.15) is 5.75 Å². The van der Waals surface area contributed by atoms with E-state index in [9.17, 15) is 18.0 Å². The second-order valence-electron chi connectivity index (χ2n) is 8.02. The van der Waals surface area contributed by atoms with Crippen molar-refractivity contribution in [3.63, 3.8) is 0 Å². The maximum atomic E-state index is 13.0. The molecule has 1 N–H and O–H groups in total. The van der Waals surface area contributed by atoms with Crippen molar-refractivity contribution in [3.05, 3.63) is 114 Å². The van der Waals surface area contributed by atoms with Crippen molar-refractivity contribution in [2.45, 2.75) is 19.5 Å². The van der Waals surface area contributed by atoms with E-state index in [0.29, 0.717) is 41.2 Å². The zero-order chi connectivity index (χ0) is 24.8. The number of carbonyl (C=O) groups is 1. The van der Waals surface area contributed by atoms with Crippen LogP contribution in [0.25, 0.3) is 11.1 Å². The number of aryl methyl sites for hydroxylation is 1. The van der Waals surface area contributed by atoms with Crippen LogP contribution >= 0.6 is 0 Å². The van der Waals surface area contributed by atoms with E-state index < -0.39 is 11.7 Å². The number of ether oxygens (including phenoxy) is 1. The van der Waals surface area contributed by atoms with Crippen LogP contribution in [0.3, 0.4) is 0 Å². The predicted octanol–water partition coefficient (Wildman–Crippen LogP) is 6.95. The minimum absolute atomic E-state index is 0.358. The van der Waals surface area contributed by atoms with Crippen molar-refractivity contribution in [1.29, 1.82) is 0 Å². The number of halogens is 3. The van der Waals surface area contributed by atoms with Gasteiger partial charge in [-0.3, -0.25) is 9.78 Å². The lowest BCUT2D eigenvalue weighted by Crippen LogP contribution is -2.13. The highest BCUT2D eigenvalue weighted by Crippen LogP contribution is 2.32. The number of alkyl halides is 3. The van der Waals surface area contributed by atoms with Gasteiger partial charge in [0.25, 0.3) is 5.91 Å². The number of nitrogens with zero attached hydrogens (tertiary/aromatic N) is 1. The standard InChI is InChI=1S/C28H23F3N2O2/c1-19-5-14-25(26(18-19)20-6-8-21(9-7-20)28(29,30)31)27(34)33-23-10-12-24(13-11-23)35-17-15-22-4-2-3-16-32-22/h2-14,16,18H,15,17H2,1H3,(H,33,34). The van der Waals surface area contributed by atoms with Gasteiger partial charge in [-0.1, -0.05) is 35.9 Å². The van der Waals surface area contributed by atoms with Crippen molar-refractivity contribution in [2.75, 3.05) is 11.9 Å². The van der Waals surface area contributed by atoms with E-state index in [-0.39, 0.29) is 5.91 Å². The highest BCUT2D eigenvalue weighted by atomic mass is 19.4. The summed E-state index contributed by atoms with van der Waals surface area (Å²) in [6.45, 7) is 2.34. The van der Waals surface area contributed by atoms with Gasteiger partial charge in [0.15, 0.2) is 0 Å². The van der Waals surface area contributed by atoms with E-state index in [1.807, 2.05) is 25.1 Å². The molecule has 4 nitrogen and oxygen atoms in total. The van der Waals surface area contributed by atoms with Gasteiger partial charge >= 0.3 is 6.18 Å². The normalized spacial score (nSPS) is 11.2. The first kappa shape index (κ1) is 24.0. The summed E-state index contributed by atoms with van der Waals surface area (Å²) in [5, 5.41) is 2.85. The van der Waals surface area contributed by atoms with Crippen LogP contribution < -0.4 is 10.1 Å². The summed E-state index contributed by atoms with van der Waals surface area (Å²) >= 11 is 0. The second kappa shape index (κ2) is 10.4. The van der Waals surface area contributed by atoms with Crippen LogP contribution in [-0.4, -0.2) is 17.5 Å². The molecule has 1 aromatic heterocycles. The molecule has 4 aromatic rings. The zero-order valence-corrected chi connectivity index (χ0v) is 19.0. The van der Waals surface area contributed by atoms with Crippen molar-refractivity contribution in [3.8, 4) is 16.9 Å². The maximum Gasteiger partial charge on any atom is 0.416 e. The summed E-state index contributed by atoms with van der Waals surface area (Å²) in [6.07, 6.45) is -2.00. The molecule has 35 heavy (non-hydrogen) atoms. The summed E-state index contributed by atoms with van der Waals surface area (Å²) in [5.41, 5.74) is 3.13. The average molecular weight is 476 g/mol. The predicted molar refractivity (Wildman–Crippen MR) is 129 cm³/mol. The highest BCUT2D eigenvalue weighted by Gasteiger charge is 2.30. The van der Waals surface area contributed by atoms with E-state index in [0.717, 1.165) is 23.4 Å². The van der Waals surface area contributed by atoms with Crippen LogP contribution in [0.2, 0.25) is 0 Å². The van der Waals surface area contributed by atoms with Crippen LogP contribution in [0.15, 0.2) is 91.1 Å². The fourth-order valence-electron chi connectivity index (χ4n) is 3.59. The molecule has 1 heterocycles. The Morgan fingerprint density at radius 3 is 2.34 bits per heavy atom. The number of aromatic nitrogens is 1. The first-order chi connectivity index (χ1) is 16.8. The molecule has 0 radical (unpaired) electrons. The molecule has 0 unspecified atom stereocenters. The number of hydrogen-bond acceptors (Lipinski definition) is 3. The van der Waals surface area contributed by atoms with Gasteiger partial charge in [0.05, 0.1) is 12.2 Å². The smallest absolute Gasteiger partial charge is 0.416 e. The Morgan fingerprint density at radius 2 is 1.69 bits per heavy atom. The minimum atomic E-state index is -4.42. The Kier molecular flexibility index (Phi) is 7.15. The molecule has 4 rings (SSSR count). The van der Waals surface area contributed by atoms with Gasteiger partial charge in [-0.2, -0.15) is 13.2 Å². The topological polar surface area (TPSA) is 51.2 Å². The third-order valence-corrected chi connectivity index (χ3v) is 5.41. The molecule has 0 aliphatic heterocycles. The number of nitrogens with one attached hydrogen (secondary N) is 1. The number of rotatable bonds is 7. The number of carbonyl (C=O) groups excluding carboxylic acids is 1. The van der Waals surface area contributed by atoms with Crippen LogP contribution in [0, 0.1) is 6.92 Å². The molecule has 0 saturated carbocycles. The van der Waals surface area contributed by atoms with E-state index in [2.05, 4.69) is 10.3 Å². The maximum absolute atomic E-state index is 13.0. The number of pyridine rings is 1. The number of hydrogen-bond donors (Lipinski definition) is 1. The van der Waals surface area contributed by atoms with Crippen molar-refractivity contribution < 1.29 is 22.7 Å². The monoisotopic (exact) mass is 476 g/mol. The summed E-state index contributed by atoms with van der Waals surface area (Å²) in [6, 6.07) is 22.8. The van der Waals surface area contributed by atoms with E-state index >= 15 is 0 Å². The van der Waals surface area contributed by atoms with Crippen molar-refractivity contribution >= 4 is 11.6 Å².